The van der Waals surface area contributed by atoms with Crippen molar-refractivity contribution in [3.63, 3.8) is 0 Å². The number of carbonyl (C=O) groups excluding carboxylic acids is 1. The lowest BCUT2D eigenvalue weighted by atomic mass is 10.1. The van der Waals surface area contributed by atoms with Gasteiger partial charge in [0.1, 0.15) is 5.75 Å². The summed E-state index contributed by atoms with van der Waals surface area (Å²) in [5.41, 5.74) is 0.942. The van der Waals surface area contributed by atoms with Gasteiger partial charge in [-0.25, -0.2) is 4.98 Å². The van der Waals surface area contributed by atoms with Crippen LogP contribution in [0.3, 0.4) is 0 Å². The second kappa shape index (κ2) is 9.36. The van der Waals surface area contributed by atoms with Crippen molar-refractivity contribution in [3.8, 4) is 5.75 Å². The molecule has 1 aromatic heterocycles. The van der Waals surface area contributed by atoms with Crippen molar-refractivity contribution in [3.05, 3.63) is 62.9 Å². The fourth-order valence-electron chi connectivity index (χ4n) is 2.75. The van der Waals surface area contributed by atoms with E-state index in [-0.39, 0.29) is 17.1 Å². The lowest BCUT2D eigenvalue weighted by Crippen LogP contribution is -2.25. The molecule has 0 fully saturated rings. The van der Waals surface area contributed by atoms with Crippen molar-refractivity contribution >= 4 is 44.4 Å². The number of aromatic nitrogens is 2. The quantitative estimate of drug-likeness (QED) is 0.288. The predicted molar refractivity (Wildman–Crippen MR) is 114 cm³/mol. The maximum absolute atomic E-state index is 13.0. The molecule has 6 nitrogen and oxygen atoms in total. The largest absolute Gasteiger partial charge is 0.496 e. The van der Waals surface area contributed by atoms with E-state index >= 15 is 0 Å². The van der Waals surface area contributed by atoms with Crippen molar-refractivity contribution in [1.82, 2.24) is 9.55 Å². The van der Waals surface area contributed by atoms with Crippen LogP contribution in [-0.2, 0) is 11.3 Å². The van der Waals surface area contributed by atoms with Crippen LogP contribution in [-0.4, -0.2) is 41.9 Å². The molecule has 146 valence electrons. The number of hydrogen-bond donors (Lipinski definition) is 0. The van der Waals surface area contributed by atoms with Crippen LogP contribution in [0.15, 0.2) is 56.9 Å². The maximum Gasteiger partial charge on any atom is 0.262 e. The summed E-state index contributed by atoms with van der Waals surface area (Å²) in [6, 6.07) is 12.5. The van der Waals surface area contributed by atoms with Gasteiger partial charge in [-0.05, 0) is 30.3 Å². The summed E-state index contributed by atoms with van der Waals surface area (Å²) >= 11 is 4.62. The van der Waals surface area contributed by atoms with Crippen LogP contribution >= 0.6 is 27.7 Å². The van der Waals surface area contributed by atoms with Gasteiger partial charge in [0, 0.05) is 11.6 Å². The number of hydrogen-bond acceptors (Lipinski definition) is 6. The Hall–Kier alpha value is -2.16. The van der Waals surface area contributed by atoms with Crippen LogP contribution in [0.4, 0.5) is 0 Å². The molecule has 3 aromatic rings. The molecule has 0 saturated carbocycles. The maximum atomic E-state index is 13.0. The molecule has 28 heavy (non-hydrogen) atoms. The van der Waals surface area contributed by atoms with Gasteiger partial charge in [-0.15, -0.1) is 0 Å². The monoisotopic (exact) mass is 462 g/mol. The minimum Gasteiger partial charge on any atom is -0.496 e. The van der Waals surface area contributed by atoms with Gasteiger partial charge in [0.2, 0.25) is 0 Å². The molecule has 0 unspecified atom stereocenters. The molecule has 0 aliphatic heterocycles. The Morgan fingerprint density at radius 1 is 1.21 bits per heavy atom. The molecule has 0 spiro atoms. The summed E-state index contributed by atoms with van der Waals surface area (Å²) in [5.74, 6) is 0.578. The molecule has 0 radical (unpaired) electrons. The summed E-state index contributed by atoms with van der Waals surface area (Å²) in [6.45, 7) is 0.727. The summed E-state index contributed by atoms with van der Waals surface area (Å²) in [4.78, 5) is 30.2. The van der Waals surface area contributed by atoms with E-state index in [2.05, 4.69) is 20.9 Å². The van der Waals surface area contributed by atoms with Gasteiger partial charge >= 0.3 is 0 Å². The number of Topliss-reactive ketones (excluding diaryl/α,β-unsaturated/α-hetero) is 1. The first-order valence-corrected chi connectivity index (χ1v) is 10.3. The van der Waals surface area contributed by atoms with Crippen molar-refractivity contribution in [2.24, 2.45) is 0 Å². The number of fused-ring (bicyclic) bond motifs is 1. The summed E-state index contributed by atoms with van der Waals surface area (Å²) in [5, 5.41) is 1.01. The average Bonchev–Trinajstić information content (AvgIpc) is 2.72. The van der Waals surface area contributed by atoms with E-state index < -0.39 is 0 Å². The third-order valence-electron chi connectivity index (χ3n) is 4.14. The van der Waals surface area contributed by atoms with E-state index in [0.29, 0.717) is 40.5 Å². The Morgan fingerprint density at radius 2 is 2.00 bits per heavy atom. The van der Waals surface area contributed by atoms with Gasteiger partial charge in [0.05, 0.1) is 42.5 Å². The van der Waals surface area contributed by atoms with Gasteiger partial charge in [-0.3, -0.25) is 14.2 Å². The fourth-order valence-corrected chi connectivity index (χ4v) is 4.02. The summed E-state index contributed by atoms with van der Waals surface area (Å²) < 4.78 is 12.8. The van der Waals surface area contributed by atoms with E-state index in [1.165, 1.54) is 18.9 Å². The standard InChI is InChI=1S/C20H19BrN2O4S/c1-26-10-9-23-19(25)15-11-13(21)7-8-16(15)22-20(23)28-12-17(24)14-5-3-4-6-18(14)27-2/h3-8,11H,9-10,12H2,1-2H3. The van der Waals surface area contributed by atoms with Gasteiger partial charge < -0.3 is 9.47 Å². The normalized spacial score (nSPS) is 11.0. The molecule has 0 saturated heterocycles. The van der Waals surface area contributed by atoms with E-state index in [4.69, 9.17) is 9.47 Å². The van der Waals surface area contributed by atoms with Crippen LogP contribution in [0.2, 0.25) is 0 Å². The molecular formula is C20H19BrN2O4S. The van der Waals surface area contributed by atoms with Crippen molar-refractivity contribution in [2.45, 2.75) is 11.7 Å². The smallest absolute Gasteiger partial charge is 0.262 e. The first-order chi connectivity index (χ1) is 13.5. The number of thioether (sulfide) groups is 1. The highest BCUT2D eigenvalue weighted by molar-refractivity contribution is 9.10. The Bertz CT molecular complexity index is 1070. The second-order valence-electron chi connectivity index (χ2n) is 5.92. The van der Waals surface area contributed by atoms with Crippen LogP contribution in [0, 0.1) is 0 Å². The minimum atomic E-state index is -0.157. The lowest BCUT2D eigenvalue weighted by molar-refractivity contribution is 0.101. The van der Waals surface area contributed by atoms with Crippen molar-refractivity contribution in [2.75, 3.05) is 26.6 Å². The first kappa shape index (κ1) is 20.6. The number of ether oxygens (including phenoxy) is 2. The number of carbonyl (C=O) groups is 1. The lowest BCUT2D eigenvalue weighted by Gasteiger charge is -2.13. The molecule has 0 atom stereocenters. The van der Waals surface area contributed by atoms with Crippen molar-refractivity contribution < 1.29 is 14.3 Å². The average molecular weight is 463 g/mol. The van der Waals surface area contributed by atoms with E-state index in [1.54, 1.807) is 42.0 Å². The third kappa shape index (κ3) is 4.45. The Morgan fingerprint density at radius 3 is 2.75 bits per heavy atom. The van der Waals surface area contributed by atoms with Gasteiger partial charge in [-0.2, -0.15) is 0 Å². The highest BCUT2D eigenvalue weighted by atomic mass is 79.9. The van der Waals surface area contributed by atoms with E-state index in [0.717, 1.165) is 4.47 Å². The number of benzene rings is 2. The topological polar surface area (TPSA) is 70.4 Å². The Balaban J connectivity index is 1.94. The molecule has 0 aliphatic rings. The number of nitrogens with zero attached hydrogens (tertiary/aromatic N) is 2. The van der Waals surface area contributed by atoms with E-state index in [1.807, 2.05) is 12.1 Å². The number of halogens is 1. The molecule has 1 heterocycles. The van der Waals surface area contributed by atoms with Gasteiger partial charge in [-0.1, -0.05) is 39.8 Å². The van der Waals surface area contributed by atoms with Crippen LogP contribution < -0.4 is 10.3 Å². The molecule has 3 rings (SSSR count). The highest BCUT2D eigenvalue weighted by Gasteiger charge is 2.16. The number of ketones is 1. The zero-order chi connectivity index (χ0) is 20.1. The number of para-hydroxylation sites is 1. The summed E-state index contributed by atoms with van der Waals surface area (Å²) in [7, 11) is 3.11. The van der Waals surface area contributed by atoms with Gasteiger partial charge in [0.25, 0.3) is 5.56 Å². The first-order valence-electron chi connectivity index (χ1n) is 8.53. The molecule has 8 heteroatoms. The number of methoxy groups -OCH3 is 2. The molecule has 0 aliphatic carbocycles. The fraction of sp³-hybridized carbons (Fsp3) is 0.250. The highest BCUT2D eigenvalue weighted by Crippen LogP contribution is 2.24. The van der Waals surface area contributed by atoms with Crippen LogP contribution in [0.25, 0.3) is 10.9 Å². The predicted octanol–water partition coefficient (Wildman–Crippen LogP) is 3.79. The zero-order valence-corrected chi connectivity index (χ0v) is 17.9. The summed E-state index contributed by atoms with van der Waals surface area (Å²) in [6.07, 6.45) is 0. The third-order valence-corrected chi connectivity index (χ3v) is 5.61. The molecule has 0 N–H and O–H groups in total. The molecular weight excluding hydrogens is 444 g/mol. The number of rotatable bonds is 8. The van der Waals surface area contributed by atoms with Crippen molar-refractivity contribution in [1.29, 1.82) is 0 Å². The second-order valence-corrected chi connectivity index (χ2v) is 7.78. The molecule has 2 aromatic carbocycles. The molecule has 0 bridgehead atoms. The SMILES string of the molecule is COCCn1c(SCC(=O)c2ccccc2OC)nc2ccc(Br)cc2c1=O. The van der Waals surface area contributed by atoms with Gasteiger partial charge in [0.15, 0.2) is 10.9 Å². The molecule has 0 amide bonds. The zero-order valence-electron chi connectivity index (χ0n) is 15.5. The van der Waals surface area contributed by atoms with Crippen LogP contribution in [0.5, 0.6) is 5.75 Å². The minimum absolute atomic E-state index is 0.0918. The Kier molecular flexibility index (Phi) is 6.88. The van der Waals surface area contributed by atoms with E-state index in [9.17, 15) is 9.59 Å². The Labute approximate surface area is 175 Å². The van der Waals surface area contributed by atoms with Crippen LogP contribution in [0.1, 0.15) is 10.4 Å².